The molecule has 0 spiro atoms. The average molecular weight is 317 g/mol. The van der Waals surface area contributed by atoms with E-state index in [1.807, 2.05) is 48.0 Å². The number of rotatable bonds is 5. The lowest BCUT2D eigenvalue weighted by Gasteiger charge is -2.13. The molecule has 0 bridgehead atoms. The number of thiophene rings is 1. The van der Waals surface area contributed by atoms with E-state index in [4.69, 9.17) is 0 Å². The molecule has 0 saturated heterocycles. The summed E-state index contributed by atoms with van der Waals surface area (Å²) < 4.78 is 0. The van der Waals surface area contributed by atoms with Crippen LogP contribution >= 0.6 is 11.3 Å². The van der Waals surface area contributed by atoms with Gasteiger partial charge in [0.05, 0.1) is 0 Å². The van der Waals surface area contributed by atoms with Gasteiger partial charge in [0.15, 0.2) is 0 Å². The number of carbonyl (C=O) groups is 2. The number of hydrogen-bond donors (Lipinski definition) is 2. The van der Waals surface area contributed by atoms with Crippen LogP contribution in [0.5, 0.6) is 0 Å². The quantitative estimate of drug-likeness (QED) is 0.830. The van der Waals surface area contributed by atoms with Gasteiger partial charge in [0.25, 0.3) is 0 Å². The molecule has 5 nitrogen and oxygen atoms in total. The van der Waals surface area contributed by atoms with Crippen molar-refractivity contribution in [2.24, 2.45) is 0 Å². The summed E-state index contributed by atoms with van der Waals surface area (Å²) in [6.07, 6.45) is 0.722. The Kier molecular flexibility index (Phi) is 5.55. The maximum absolute atomic E-state index is 11.8. The Balaban J connectivity index is 1.79. The van der Waals surface area contributed by atoms with Gasteiger partial charge < -0.3 is 15.5 Å². The Labute approximate surface area is 134 Å². The fraction of sp³-hybridized carbons (Fsp3) is 0.250. The molecule has 2 N–H and O–H groups in total. The molecule has 1 aromatic heterocycles. The van der Waals surface area contributed by atoms with Gasteiger partial charge in [0, 0.05) is 32.0 Å². The van der Waals surface area contributed by atoms with Crippen molar-refractivity contribution in [3.8, 4) is 0 Å². The lowest BCUT2D eigenvalue weighted by atomic mass is 10.2. The number of amides is 2. The molecule has 0 fully saturated rings. The molecule has 0 radical (unpaired) electrons. The van der Waals surface area contributed by atoms with Gasteiger partial charge in [0.2, 0.25) is 0 Å². The van der Waals surface area contributed by atoms with Gasteiger partial charge in [-0.2, -0.15) is 11.3 Å². The molecule has 0 saturated carbocycles. The van der Waals surface area contributed by atoms with Crippen LogP contribution in [0.1, 0.15) is 5.56 Å². The third-order valence-corrected chi connectivity index (χ3v) is 3.86. The molecule has 0 unspecified atom stereocenters. The summed E-state index contributed by atoms with van der Waals surface area (Å²) in [5, 5.41) is 9.21. The number of nitrogens with zero attached hydrogens (tertiary/aromatic N) is 1. The normalized spacial score (nSPS) is 10.1. The largest absolute Gasteiger partial charge is 0.378 e. The van der Waals surface area contributed by atoms with E-state index in [0.717, 1.165) is 17.7 Å². The number of anilines is 2. The fourth-order valence-corrected chi connectivity index (χ4v) is 2.57. The molecule has 0 aliphatic heterocycles. The van der Waals surface area contributed by atoms with Crippen molar-refractivity contribution in [2.45, 2.75) is 6.42 Å². The van der Waals surface area contributed by atoms with Crippen molar-refractivity contribution in [2.75, 3.05) is 30.9 Å². The van der Waals surface area contributed by atoms with E-state index in [9.17, 15) is 9.59 Å². The molecule has 0 aliphatic rings. The van der Waals surface area contributed by atoms with E-state index in [1.54, 1.807) is 23.5 Å². The van der Waals surface area contributed by atoms with Crippen molar-refractivity contribution in [1.29, 1.82) is 0 Å². The van der Waals surface area contributed by atoms with Crippen molar-refractivity contribution < 1.29 is 9.59 Å². The van der Waals surface area contributed by atoms with E-state index < -0.39 is 11.8 Å². The van der Waals surface area contributed by atoms with Crippen molar-refractivity contribution >= 4 is 34.5 Å². The molecule has 0 aliphatic carbocycles. The highest BCUT2D eigenvalue weighted by Crippen LogP contribution is 2.15. The maximum atomic E-state index is 11.8. The van der Waals surface area contributed by atoms with Gasteiger partial charge in [-0.15, -0.1) is 0 Å². The van der Waals surface area contributed by atoms with Gasteiger partial charge in [0.1, 0.15) is 0 Å². The first kappa shape index (κ1) is 16.0. The Hall–Kier alpha value is -2.34. The fourth-order valence-electron chi connectivity index (χ4n) is 1.87. The van der Waals surface area contributed by atoms with E-state index in [1.165, 1.54) is 0 Å². The monoisotopic (exact) mass is 317 g/mol. The number of hydrogen-bond acceptors (Lipinski definition) is 4. The summed E-state index contributed by atoms with van der Waals surface area (Å²) in [6.45, 7) is 0.447. The van der Waals surface area contributed by atoms with Crippen LogP contribution in [-0.2, 0) is 16.0 Å². The smallest absolute Gasteiger partial charge is 0.313 e. The predicted octanol–water partition coefficient (Wildman–Crippen LogP) is 2.11. The molecule has 22 heavy (non-hydrogen) atoms. The molecule has 2 rings (SSSR count). The molecule has 116 valence electrons. The van der Waals surface area contributed by atoms with Crippen LogP contribution in [0.3, 0.4) is 0 Å². The highest BCUT2D eigenvalue weighted by Gasteiger charge is 2.13. The second-order valence-electron chi connectivity index (χ2n) is 5.03. The summed E-state index contributed by atoms with van der Waals surface area (Å²) in [6, 6.07) is 9.30. The van der Waals surface area contributed by atoms with Gasteiger partial charge in [-0.3, -0.25) is 9.59 Å². The third-order valence-electron chi connectivity index (χ3n) is 3.13. The minimum atomic E-state index is -0.650. The van der Waals surface area contributed by atoms with Crippen molar-refractivity contribution in [1.82, 2.24) is 5.32 Å². The third kappa shape index (κ3) is 4.60. The van der Waals surface area contributed by atoms with Gasteiger partial charge in [-0.05, 0) is 53.1 Å². The first-order valence-electron chi connectivity index (χ1n) is 6.94. The summed E-state index contributed by atoms with van der Waals surface area (Å²) in [5.74, 6) is -1.27. The first-order chi connectivity index (χ1) is 10.6. The number of carbonyl (C=O) groups excluding carboxylic acids is 2. The van der Waals surface area contributed by atoms with Crippen molar-refractivity contribution in [3.05, 3.63) is 46.7 Å². The van der Waals surface area contributed by atoms with E-state index >= 15 is 0 Å². The Morgan fingerprint density at radius 1 is 1.09 bits per heavy atom. The number of nitrogens with one attached hydrogen (secondary N) is 2. The maximum Gasteiger partial charge on any atom is 0.313 e. The zero-order chi connectivity index (χ0) is 15.9. The Morgan fingerprint density at radius 2 is 1.82 bits per heavy atom. The van der Waals surface area contributed by atoms with Crippen LogP contribution in [0.25, 0.3) is 0 Å². The minimum absolute atomic E-state index is 0.447. The van der Waals surface area contributed by atoms with Crippen LogP contribution in [0.4, 0.5) is 11.4 Å². The van der Waals surface area contributed by atoms with Crippen LogP contribution in [0, 0.1) is 0 Å². The molecule has 6 heteroatoms. The molecular formula is C16H19N3O2S. The van der Waals surface area contributed by atoms with Crippen LogP contribution in [0.15, 0.2) is 41.1 Å². The van der Waals surface area contributed by atoms with Crippen LogP contribution < -0.4 is 15.5 Å². The lowest BCUT2D eigenvalue weighted by molar-refractivity contribution is -0.136. The molecule has 1 aromatic carbocycles. The second kappa shape index (κ2) is 7.61. The SMILES string of the molecule is CN(C)c1ccc(NC(=O)C(=O)NCCc2ccsc2)cc1. The standard InChI is InChI=1S/C16H19N3O2S/c1-19(2)14-5-3-13(4-6-14)18-16(21)15(20)17-9-7-12-8-10-22-11-12/h3-6,8,10-11H,7,9H2,1-2H3,(H,17,20)(H,18,21). The minimum Gasteiger partial charge on any atom is -0.378 e. The predicted molar refractivity (Wildman–Crippen MR) is 90.4 cm³/mol. The summed E-state index contributed by atoms with van der Waals surface area (Å²) >= 11 is 1.61. The Morgan fingerprint density at radius 3 is 2.41 bits per heavy atom. The molecule has 2 aromatic rings. The van der Waals surface area contributed by atoms with Gasteiger partial charge in [-0.25, -0.2) is 0 Å². The van der Waals surface area contributed by atoms with Crippen LogP contribution in [-0.4, -0.2) is 32.5 Å². The lowest BCUT2D eigenvalue weighted by Crippen LogP contribution is -2.36. The zero-order valence-corrected chi connectivity index (χ0v) is 13.4. The molecule has 0 atom stereocenters. The van der Waals surface area contributed by atoms with Gasteiger partial charge in [-0.1, -0.05) is 0 Å². The second-order valence-corrected chi connectivity index (χ2v) is 5.81. The van der Waals surface area contributed by atoms with Crippen molar-refractivity contribution in [3.63, 3.8) is 0 Å². The van der Waals surface area contributed by atoms with E-state index in [-0.39, 0.29) is 0 Å². The van der Waals surface area contributed by atoms with E-state index in [2.05, 4.69) is 10.6 Å². The summed E-state index contributed by atoms with van der Waals surface area (Å²) in [7, 11) is 3.88. The van der Waals surface area contributed by atoms with E-state index in [0.29, 0.717) is 12.2 Å². The topological polar surface area (TPSA) is 61.4 Å². The zero-order valence-electron chi connectivity index (χ0n) is 12.6. The highest BCUT2D eigenvalue weighted by molar-refractivity contribution is 7.07. The molecular weight excluding hydrogens is 298 g/mol. The Bertz CT molecular complexity index is 621. The molecule has 2 amide bonds. The first-order valence-corrected chi connectivity index (χ1v) is 7.88. The highest BCUT2D eigenvalue weighted by atomic mass is 32.1. The molecule has 1 heterocycles. The van der Waals surface area contributed by atoms with Gasteiger partial charge >= 0.3 is 11.8 Å². The summed E-state index contributed by atoms with van der Waals surface area (Å²) in [5.41, 5.74) is 2.78. The summed E-state index contributed by atoms with van der Waals surface area (Å²) in [4.78, 5) is 25.5. The van der Waals surface area contributed by atoms with Crippen LogP contribution in [0.2, 0.25) is 0 Å². The number of benzene rings is 1. The average Bonchev–Trinajstić information content (AvgIpc) is 3.01.